The first-order valence-electron chi connectivity index (χ1n) is 9.70. The molecule has 0 saturated heterocycles. The van der Waals surface area contributed by atoms with E-state index in [-0.39, 0.29) is 18.7 Å². The monoisotopic (exact) mass is 460 g/mol. The summed E-state index contributed by atoms with van der Waals surface area (Å²) >= 11 is 0. The largest absolute Gasteiger partial charge is 0.306 e. The van der Waals surface area contributed by atoms with Crippen molar-refractivity contribution in [1.29, 1.82) is 0 Å². The van der Waals surface area contributed by atoms with Gasteiger partial charge in [-0.1, -0.05) is 6.92 Å². The second kappa shape index (κ2) is 7.90. The van der Waals surface area contributed by atoms with E-state index in [2.05, 4.69) is 9.97 Å². The lowest BCUT2D eigenvalue weighted by Crippen LogP contribution is -2.30. The Hall–Kier alpha value is -3.47. The van der Waals surface area contributed by atoms with Crippen molar-refractivity contribution in [1.82, 2.24) is 14.7 Å². The van der Waals surface area contributed by atoms with Crippen LogP contribution in [0, 0.1) is 18.6 Å². The Kier molecular flexibility index (Phi) is 5.37. The van der Waals surface area contributed by atoms with E-state index in [1.165, 1.54) is 18.0 Å². The molecule has 0 fully saturated rings. The summed E-state index contributed by atoms with van der Waals surface area (Å²) in [5.41, 5.74) is 1.73. The molecule has 8 nitrogen and oxygen atoms in total. The molecule has 0 aliphatic carbocycles. The lowest BCUT2D eigenvalue weighted by Gasteiger charge is -2.20. The average Bonchev–Trinajstić information content (AvgIpc) is 3.05. The van der Waals surface area contributed by atoms with Gasteiger partial charge < -0.3 is 4.90 Å². The Morgan fingerprint density at radius 3 is 2.56 bits per heavy atom. The molecule has 0 bridgehead atoms. The van der Waals surface area contributed by atoms with Crippen molar-refractivity contribution in [3.05, 3.63) is 58.9 Å². The van der Waals surface area contributed by atoms with Crippen LogP contribution in [0.5, 0.6) is 0 Å². The fraction of sp³-hybridized carbons (Fsp3) is 0.238. The van der Waals surface area contributed by atoms with Crippen LogP contribution in [0.1, 0.15) is 30.2 Å². The molecule has 3 aromatic rings. The molecular formula is C21H18F2N4O4S. The van der Waals surface area contributed by atoms with E-state index in [1.807, 2.05) is 0 Å². The van der Waals surface area contributed by atoms with Crippen LogP contribution in [0.15, 0.2) is 35.4 Å². The number of rotatable bonds is 5. The van der Waals surface area contributed by atoms with E-state index < -0.39 is 44.6 Å². The first kappa shape index (κ1) is 21.8. The smallest absolute Gasteiger partial charge is 0.264 e. The summed E-state index contributed by atoms with van der Waals surface area (Å²) in [5, 5.41) is 0.571. The second-order valence-corrected chi connectivity index (χ2v) is 9.04. The van der Waals surface area contributed by atoms with Gasteiger partial charge in [-0.05, 0) is 31.2 Å². The van der Waals surface area contributed by atoms with Gasteiger partial charge in [0.15, 0.2) is 5.65 Å². The Balaban J connectivity index is 1.73. The number of fused-ring (bicyclic) bond motifs is 3. The molecule has 2 amide bonds. The number of sulfonamides is 1. The van der Waals surface area contributed by atoms with Gasteiger partial charge in [0, 0.05) is 34.8 Å². The van der Waals surface area contributed by atoms with Gasteiger partial charge in [0.05, 0.1) is 23.5 Å². The van der Waals surface area contributed by atoms with Crippen LogP contribution in [0.3, 0.4) is 0 Å². The van der Waals surface area contributed by atoms with E-state index in [0.29, 0.717) is 34.4 Å². The van der Waals surface area contributed by atoms with Gasteiger partial charge in [0.2, 0.25) is 11.8 Å². The number of aryl methyl sites for hydroxylation is 1. The molecule has 3 heterocycles. The topological polar surface area (TPSA) is 109 Å². The summed E-state index contributed by atoms with van der Waals surface area (Å²) in [6.07, 6.45) is 1.42. The molecule has 32 heavy (non-hydrogen) atoms. The number of pyridine rings is 2. The summed E-state index contributed by atoms with van der Waals surface area (Å²) in [6, 6.07) is 4.74. The number of nitrogens with one attached hydrogen (secondary N) is 1. The highest BCUT2D eigenvalue weighted by Gasteiger charge is 2.32. The van der Waals surface area contributed by atoms with E-state index in [9.17, 15) is 26.8 Å². The minimum atomic E-state index is -4.43. The third-order valence-corrected chi connectivity index (χ3v) is 6.49. The third kappa shape index (κ3) is 3.79. The van der Waals surface area contributed by atoms with E-state index in [4.69, 9.17) is 0 Å². The quantitative estimate of drug-likeness (QED) is 0.627. The second-order valence-electron chi connectivity index (χ2n) is 7.36. The van der Waals surface area contributed by atoms with E-state index in [1.54, 1.807) is 23.8 Å². The number of hydrogen-bond donors (Lipinski definition) is 1. The molecule has 11 heteroatoms. The van der Waals surface area contributed by atoms with E-state index >= 15 is 0 Å². The predicted octanol–water partition coefficient (Wildman–Crippen LogP) is 2.52. The van der Waals surface area contributed by atoms with Crippen LogP contribution in [0.25, 0.3) is 11.0 Å². The number of aromatic nitrogens is 2. The van der Waals surface area contributed by atoms with Crippen molar-refractivity contribution in [2.45, 2.75) is 38.1 Å². The molecular weight excluding hydrogens is 442 g/mol. The van der Waals surface area contributed by atoms with Gasteiger partial charge in [0.25, 0.3) is 10.0 Å². The van der Waals surface area contributed by atoms with Crippen LogP contribution < -0.4 is 9.62 Å². The maximum absolute atomic E-state index is 14.8. The number of carbonyl (C=O) groups is 2. The molecule has 0 spiro atoms. The number of carbonyl (C=O) groups excluding carboxylic acids is 2. The predicted molar refractivity (Wildman–Crippen MR) is 111 cm³/mol. The molecule has 1 N–H and O–H groups in total. The minimum Gasteiger partial charge on any atom is -0.306 e. The molecule has 1 aromatic carbocycles. The van der Waals surface area contributed by atoms with Gasteiger partial charge in [-0.2, -0.15) is 0 Å². The molecule has 4 rings (SSSR count). The highest BCUT2D eigenvalue weighted by Crippen LogP contribution is 2.36. The van der Waals surface area contributed by atoms with Crippen molar-refractivity contribution in [2.75, 3.05) is 4.90 Å². The summed E-state index contributed by atoms with van der Waals surface area (Å²) in [7, 11) is -4.43. The first-order chi connectivity index (χ1) is 15.1. The highest BCUT2D eigenvalue weighted by atomic mass is 32.2. The van der Waals surface area contributed by atoms with Gasteiger partial charge in [-0.3, -0.25) is 9.59 Å². The van der Waals surface area contributed by atoms with Gasteiger partial charge in [0.1, 0.15) is 11.6 Å². The van der Waals surface area contributed by atoms with E-state index in [0.717, 1.165) is 5.69 Å². The normalized spacial score (nSPS) is 13.5. The van der Waals surface area contributed by atoms with Crippen molar-refractivity contribution in [2.24, 2.45) is 0 Å². The molecule has 1 aliphatic rings. The third-order valence-electron chi connectivity index (χ3n) is 5.14. The van der Waals surface area contributed by atoms with Crippen LogP contribution >= 0.6 is 0 Å². The highest BCUT2D eigenvalue weighted by molar-refractivity contribution is 7.90. The summed E-state index contributed by atoms with van der Waals surface area (Å²) in [5.74, 6) is -3.48. The van der Waals surface area contributed by atoms with Crippen molar-refractivity contribution in [3.8, 4) is 0 Å². The number of anilines is 1. The zero-order chi connectivity index (χ0) is 23.2. The van der Waals surface area contributed by atoms with Crippen LogP contribution in [0.2, 0.25) is 0 Å². The fourth-order valence-corrected chi connectivity index (χ4v) is 4.60. The zero-order valence-corrected chi connectivity index (χ0v) is 18.0. The van der Waals surface area contributed by atoms with Gasteiger partial charge in [-0.25, -0.2) is 31.9 Å². The number of nitrogens with zero attached hydrogens (tertiary/aromatic N) is 3. The Morgan fingerprint density at radius 2 is 1.91 bits per heavy atom. The number of halogens is 2. The molecule has 166 valence electrons. The lowest BCUT2D eigenvalue weighted by atomic mass is 10.1. The average molecular weight is 460 g/mol. The summed E-state index contributed by atoms with van der Waals surface area (Å²) < 4.78 is 55.8. The standard InChI is InChI=1S/C21H18F2N4O4S/c1-3-18(28)26-32(30,31)13-7-16(22)15(17(23)8-13)10-27-19(29)6-12-9-24-21-14(20(12)27)5-4-11(2)25-21/h4-5,7-9H,3,6,10H2,1-2H3,(H,26,28). The van der Waals surface area contributed by atoms with Crippen LogP contribution in [0.4, 0.5) is 14.5 Å². The summed E-state index contributed by atoms with van der Waals surface area (Å²) in [4.78, 5) is 33.2. The fourth-order valence-electron chi connectivity index (χ4n) is 3.52. The summed E-state index contributed by atoms with van der Waals surface area (Å²) in [6.45, 7) is 2.79. The molecule has 1 aliphatic heterocycles. The van der Waals surface area contributed by atoms with Crippen LogP contribution in [-0.2, 0) is 32.6 Å². The molecule has 0 atom stereocenters. The lowest BCUT2D eigenvalue weighted by molar-refractivity contribution is -0.119. The molecule has 0 saturated carbocycles. The number of hydrogen-bond acceptors (Lipinski definition) is 6. The van der Waals surface area contributed by atoms with Crippen molar-refractivity contribution >= 4 is 38.6 Å². The molecule has 0 radical (unpaired) electrons. The number of benzene rings is 1. The maximum atomic E-state index is 14.8. The minimum absolute atomic E-state index is 0.0188. The Labute approximate surface area is 182 Å². The Morgan fingerprint density at radius 1 is 1.22 bits per heavy atom. The van der Waals surface area contributed by atoms with Crippen molar-refractivity contribution in [3.63, 3.8) is 0 Å². The molecule has 0 unspecified atom stereocenters. The van der Waals surface area contributed by atoms with Crippen LogP contribution in [-0.4, -0.2) is 30.2 Å². The Bertz CT molecular complexity index is 1370. The maximum Gasteiger partial charge on any atom is 0.264 e. The zero-order valence-electron chi connectivity index (χ0n) is 17.1. The number of amides is 2. The van der Waals surface area contributed by atoms with Gasteiger partial charge >= 0.3 is 0 Å². The molecule has 2 aromatic heterocycles. The first-order valence-corrected chi connectivity index (χ1v) is 11.2. The van der Waals surface area contributed by atoms with Crippen molar-refractivity contribution < 1.29 is 26.8 Å². The van der Waals surface area contributed by atoms with Gasteiger partial charge in [-0.15, -0.1) is 0 Å². The SMILES string of the molecule is CCC(=O)NS(=O)(=O)c1cc(F)c(CN2C(=O)Cc3cnc4nc(C)ccc4c32)c(F)c1.